The number of benzene rings is 2. The van der Waals surface area contributed by atoms with Crippen LogP contribution in [-0.2, 0) is 16.1 Å². The molecule has 35 heavy (non-hydrogen) atoms. The molecule has 1 aliphatic heterocycles. The SMILES string of the molecule is CCCCOc1ccc(/C([O-])=C2\C(=O)C(=O)N(Cc3ccc[nH+]c3)C2c2cccc(Br)c2)c(C)c1. The van der Waals surface area contributed by atoms with Gasteiger partial charge in [0.2, 0.25) is 5.78 Å². The first kappa shape index (κ1) is 24.7. The van der Waals surface area contributed by atoms with Crippen LogP contribution < -0.4 is 14.8 Å². The molecule has 1 N–H and O–H groups in total. The van der Waals surface area contributed by atoms with Crippen LogP contribution in [0.4, 0.5) is 0 Å². The second kappa shape index (κ2) is 10.9. The monoisotopic (exact) mass is 534 g/mol. The van der Waals surface area contributed by atoms with E-state index in [0.29, 0.717) is 29.0 Å². The van der Waals surface area contributed by atoms with E-state index in [9.17, 15) is 14.7 Å². The Hall–Kier alpha value is -3.45. The number of hydrogen-bond donors (Lipinski definition) is 0. The van der Waals surface area contributed by atoms with E-state index in [-0.39, 0.29) is 12.1 Å². The first-order chi connectivity index (χ1) is 16.9. The minimum Gasteiger partial charge on any atom is -0.872 e. The highest BCUT2D eigenvalue weighted by atomic mass is 79.9. The molecule has 2 heterocycles. The summed E-state index contributed by atoms with van der Waals surface area (Å²) >= 11 is 3.47. The van der Waals surface area contributed by atoms with E-state index >= 15 is 0 Å². The number of carbonyl (C=O) groups is 2. The summed E-state index contributed by atoms with van der Waals surface area (Å²) in [5, 5.41) is 13.8. The number of unbranched alkanes of at least 4 members (excludes halogenated alkanes) is 1. The van der Waals surface area contributed by atoms with Crippen LogP contribution in [-0.4, -0.2) is 23.2 Å². The molecular formula is C28H27BrN2O4. The minimum absolute atomic E-state index is 0.0317. The van der Waals surface area contributed by atoms with E-state index in [4.69, 9.17) is 4.74 Å². The second-order valence-corrected chi connectivity index (χ2v) is 9.47. The number of H-pyrrole nitrogens is 1. The van der Waals surface area contributed by atoms with Crippen molar-refractivity contribution in [3.05, 3.63) is 99.3 Å². The maximum atomic E-state index is 13.8. The van der Waals surface area contributed by atoms with Crippen molar-refractivity contribution >= 4 is 33.4 Å². The Balaban J connectivity index is 1.79. The number of halogens is 1. The van der Waals surface area contributed by atoms with E-state index in [0.717, 1.165) is 22.9 Å². The molecule has 0 spiro atoms. The number of hydrogen-bond acceptors (Lipinski definition) is 4. The van der Waals surface area contributed by atoms with E-state index in [1.54, 1.807) is 30.6 Å². The predicted molar refractivity (Wildman–Crippen MR) is 134 cm³/mol. The average molecular weight is 535 g/mol. The van der Waals surface area contributed by atoms with Crippen molar-refractivity contribution in [2.45, 2.75) is 39.3 Å². The summed E-state index contributed by atoms with van der Waals surface area (Å²) in [6.07, 6.45) is 5.51. The first-order valence-corrected chi connectivity index (χ1v) is 12.4. The van der Waals surface area contributed by atoms with Gasteiger partial charge in [-0.15, -0.1) is 0 Å². The summed E-state index contributed by atoms with van der Waals surface area (Å²) in [5.74, 6) is -1.20. The van der Waals surface area contributed by atoms with Gasteiger partial charge in [0, 0.05) is 21.7 Å². The second-order valence-electron chi connectivity index (χ2n) is 8.55. The summed E-state index contributed by atoms with van der Waals surface area (Å²) in [4.78, 5) is 30.9. The number of ether oxygens (including phenoxy) is 1. The summed E-state index contributed by atoms with van der Waals surface area (Å²) in [6.45, 7) is 4.70. The number of aromatic nitrogens is 1. The molecule has 1 atom stereocenters. The molecule has 180 valence electrons. The van der Waals surface area contributed by atoms with E-state index < -0.39 is 23.5 Å². The highest BCUT2D eigenvalue weighted by Gasteiger charge is 2.44. The molecule has 1 fully saturated rings. The molecule has 1 aromatic heterocycles. The molecule has 0 saturated carbocycles. The summed E-state index contributed by atoms with van der Waals surface area (Å²) < 4.78 is 6.55. The van der Waals surface area contributed by atoms with Gasteiger partial charge in [-0.2, -0.15) is 0 Å². The van der Waals surface area contributed by atoms with Gasteiger partial charge in [-0.25, -0.2) is 4.98 Å². The number of aromatic amines is 1. The summed E-state index contributed by atoms with van der Waals surface area (Å²) in [6, 6.07) is 15.5. The molecule has 3 aromatic rings. The quantitative estimate of drug-likeness (QED) is 0.188. The Kier molecular flexibility index (Phi) is 7.66. The van der Waals surface area contributed by atoms with Crippen molar-refractivity contribution in [3.63, 3.8) is 0 Å². The highest BCUT2D eigenvalue weighted by Crippen LogP contribution is 2.40. The number of nitrogens with one attached hydrogen (secondary N) is 1. The average Bonchev–Trinajstić information content (AvgIpc) is 3.09. The number of carbonyl (C=O) groups excluding carboxylic acids is 2. The predicted octanol–water partition coefficient (Wildman–Crippen LogP) is 4.17. The lowest BCUT2D eigenvalue weighted by Crippen LogP contribution is -2.29. The van der Waals surface area contributed by atoms with Crippen molar-refractivity contribution in [2.24, 2.45) is 0 Å². The normalized spacial score (nSPS) is 17.1. The molecular weight excluding hydrogens is 508 g/mol. The Morgan fingerprint density at radius 2 is 1.97 bits per heavy atom. The van der Waals surface area contributed by atoms with Crippen molar-refractivity contribution < 1.29 is 24.4 Å². The molecule has 0 radical (unpaired) electrons. The van der Waals surface area contributed by atoms with Gasteiger partial charge < -0.3 is 14.7 Å². The largest absolute Gasteiger partial charge is 0.872 e. The van der Waals surface area contributed by atoms with E-state index in [1.807, 2.05) is 43.3 Å². The van der Waals surface area contributed by atoms with Gasteiger partial charge in [0.05, 0.1) is 19.2 Å². The third-order valence-electron chi connectivity index (χ3n) is 6.03. The molecule has 7 heteroatoms. The van der Waals surface area contributed by atoms with Gasteiger partial charge in [-0.1, -0.05) is 53.2 Å². The molecule has 2 aromatic carbocycles. The third kappa shape index (κ3) is 5.30. The zero-order chi connectivity index (χ0) is 24.9. The molecule has 1 amide bonds. The fourth-order valence-electron chi connectivity index (χ4n) is 4.24. The van der Waals surface area contributed by atoms with Crippen LogP contribution >= 0.6 is 15.9 Å². The van der Waals surface area contributed by atoms with Gasteiger partial charge in [0.25, 0.3) is 5.91 Å². The molecule has 6 nitrogen and oxygen atoms in total. The Bertz CT molecular complexity index is 1270. The molecule has 4 rings (SSSR count). The first-order valence-electron chi connectivity index (χ1n) is 11.6. The lowest BCUT2D eigenvalue weighted by Gasteiger charge is -2.28. The molecule has 1 unspecified atom stereocenters. The number of pyridine rings is 1. The van der Waals surface area contributed by atoms with Gasteiger partial charge in [0.1, 0.15) is 5.75 Å². The number of amides is 1. The maximum absolute atomic E-state index is 13.8. The van der Waals surface area contributed by atoms with Crippen LogP contribution in [0.1, 0.15) is 48.1 Å². The van der Waals surface area contributed by atoms with Crippen LogP contribution in [0.5, 0.6) is 5.75 Å². The highest BCUT2D eigenvalue weighted by molar-refractivity contribution is 9.10. The number of ketones is 1. The molecule has 1 aliphatic rings. The van der Waals surface area contributed by atoms with Crippen molar-refractivity contribution in [1.82, 2.24) is 4.90 Å². The number of likely N-dealkylation sites (tertiary alicyclic amines) is 1. The van der Waals surface area contributed by atoms with Crippen LogP contribution in [0.3, 0.4) is 0 Å². The van der Waals surface area contributed by atoms with Gasteiger partial charge in [0.15, 0.2) is 12.4 Å². The van der Waals surface area contributed by atoms with Crippen LogP contribution in [0.2, 0.25) is 0 Å². The zero-order valence-corrected chi connectivity index (χ0v) is 21.3. The summed E-state index contributed by atoms with van der Waals surface area (Å²) in [5.41, 5.74) is 2.57. The smallest absolute Gasteiger partial charge is 0.295 e. The third-order valence-corrected chi connectivity index (χ3v) is 6.52. The number of Topliss-reactive ketones (excluding diaryl/α,β-unsaturated/α-hetero) is 1. The van der Waals surface area contributed by atoms with Crippen molar-refractivity contribution in [1.29, 1.82) is 0 Å². The maximum Gasteiger partial charge on any atom is 0.295 e. The van der Waals surface area contributed by atoms with Crippen molar-refractivity contribution in [3.8, 4) is 5.75 Å². The Morgan fingerprint density at radius 1 is 1.14 bits per heavy atom. The lowest BCUT2D eigenvalue weighted by molar-refractivity contribution is -0.378. The fraction of sp³-hybridized carbons (Fsp3) is 0.250. The van der Waals surface area contributed by atoms with Gasteiger partial charge in [-0.3, -0.25) is 9.59 Å². The number of nitrogens with zero attached hydrogens (tertiary/aromatic N) is 1. The standard InChI is InChI=1S/C28H27BrN2O4/c1-3-4-13-35-22-10-11-23(18(2)14-22)26(32)24-25(20-8-5-9-21(29)15-20)31(28(34)27(24)33)17-19-7-6-12-30-16-19/h5-12,14-16,25,32H,3-4,13,17H2,1-2H3/b26-24+. The Morgan fingerprint density at radius 3 is 2.66 bits per heavy atom. The topological polar surface area (TPSA) is 83.8 Å². The summed E-state index contributed by atoms with van der Waals surface area (Å²) in [7, 11) is 0. The van der Waals surface area contributed by atoms with E-state index in [1.165, 1.54) is 4.90 Å². The lowest BCUT2D eigenvalue weighted by atomic mass is 9.94. The van der Waals surface area contributed by atoms with Gasteiger partial charge in [-0.05, 0) is 60.4 Å². The minimum atomic E-state index is -0.792. The molecule has 1 saturated heterocycles. The van der Waals surface area contributed by atoms with Crippen LogP contribution in [0.15, 0.2) is 77.0 Å². The van der Waals surface area contributed by atoms with E-state index in [2.05, 4.69) is 27.8 Å². The number of aryl methyl sites for hydroxylation is 1. The fourth-order valence-corrected chi connectivity index (χ4v) is 4.66. The zero-order valence-electron chi connectivity index (χ0n) is 19.7. The van der Waals surface area contributed by atoms with Crippen LogP contribution in [0.25, 0.3) is 5.76 Å². The van der Waals surface area contributed by atoms with Gasteiger partial charge >= 0.3 is 0 Å². The van der Waals surface area contributed by atoms with Crippen molar-refractivity contribution in [2.75, 3.05) is 6.61 Å². The Labute approximate surface area is 213 Å². The van der Waals surface area contributed by atoms with Crippen LogP contribution in [0, 0.1) is 6.92 Å². The molecule has 0 bridgehead atoms. The number of rotatable bonds is 8. The molecule has 0 aliphatic carbocycles.